The van der Waals surface area contributed by atoms with E-state index in [1.54, 1.807) is 0 Å². The molecule has 78 valence electrons. The normalized spacial score (nSPS) is 10.3. The Hall–Kier alpha value is -0.490. The molecule has 0 amide bonds. The predicted molar refractivity (Wildman–Crippen MR) is 72.9 cm³/mol. The maximum atomic E-state index is 5.38. The minimum absolute atomic E-state index is 0.701. The summed E-state index contributed by atoms with van der Waals surface area (Å²) in [6.45, 7) is 0.701. The van der Waals surface area contributed by atoms with E-state index in [9.17, 15) is 0 Å². The number of benzene rings is 1. The molecule has 1 aromatic heterocycles. The van der Waals surface area contributed by atoms with Gasteiger partial charge in [-0.25, -0.2) is 0 Å². The van der Waals surface area contributed by atoms with Gasteiger partial charge >= 0.3 is 0 Å². The van der Waals surface area contributed by atoms with Crippen LogP contribution in [-0.4, -0.2) is 0 Å². The van der Waals surface area contributed by atoms with Crippen LogP contribution in [0.25, 0.3) is 0 Å². The quantitative estimate of drug-likeness (QED) is 0.808. The molecule has 0 aliphatic carbocycles. The van der Waals surface area contributed by atoms with Crippen molar-refractivity contribution in [3.05, 3.63) is 50.4 Å². The number of anilines is 1. The molecule has 1 N–H and O–H groups in total. The van der Waals surface area contributed by atoms with Crippen LogP contribution >= 0.6 is 38.5 Å². The Balaban J connectivity index is 1.96. The molecular formula is C11H9BrINO. The third-order valence-corrected chi connectivity index (χ3v) is 3.09. The lowest BCUT2D eigenvalue weighted by Crippen LogP contribution is -1.97. The summed E-state index contributed by atoms with van der Waals surface area (Å²) in [6, 6.07) is 12.1. The van der Waals surface area contributed by atoms with Crippen molar-refractivity contribution in [3.63, 3.8) is 0 Å². The fourth-order valence-electron chi connectivity index (χ4n) is 1.20. The molecule has 0 bridgehead atoms. The van der Waals surface area contributed by atoms with E-state index in [4.69, 9.17) is 4.42 Å². The summed E-state index contributed by atoms with van der Waals surface area (Å²) in [5.41, 5.74) is 1.10. The van der Waals surface area contributed by atoms with Crippen LogP contribution in [0.2, 0.25) is 0 Å². The van der Waals surface area contributed by atoms with Gasteiger partial charge in [0.05, 0.1) is 6.54 Å². The summed E-state index contributed by atoms with van der Waals surface area (Å²) in [5.74, 6) is 0.917. The summed E-state index contributed by atoms with van der Waals surface area (Å²) >= 11 is 5.56. The zero-order valence-corrected chi connectivity index (χ0v) is 11.6. The first-order valence-electron chi connectivity index (χ1n) is 4.48. The molecule has 2 rings (SSSR count). The number of hydrogen-bond acceptors (Lipinski definition) is 2. The van der Waals surface area contributed by atoms with Crippen molar-refractivity contribution < 1.29 is 4.42 Å². The minimum atomic E-state index is 0.701. The van der Waals surface area contributed by atoms with Crippen LogP contribution < -0.4 is 5.32 Å². The molecule has 2 nitrogen and oxygen atoms in total. The van der Waals surface area contributed by atoms with Gasteiger partial charge in [-0.3, -0.25) is 0 Å². The predicted octanol–water partition coefficient (Wildman–Crippen LogP) is 4.26. The molecule has 15 heavy (non-hydrogen) atoms. The third kappa shape index (κ3) is 3.24. The second kappa shape index (κ2) is 5.03. The van der Waals surface area contributed by atoms with E-state index in [1.807, 2.05) is 12.1 Å². The third-order valence-electron chi connectivity index (χ3n) is 1.94. The molecule has 1 aromatic carbocycles. The smallest absolute Gasteiger partial charge is 0.169 e. The van der Waals surface area contributed by atoms with Crippen LogP contribution in [0.3, 0.4) is 0 Å². The summed E-state index contributed by atoms with van der Waals surface area (Å²) in [7, 11) is 0. The summed E-state index contributed by atoms with van der Waals surface area (Å²) in [6.07, 6.45) is 0. The SMILES string of the molecule is Brc1ccc(CNc2ccc(I)cc2)o1. The van der Waals surface area contributed by atoms with E-state index in [-0.39, 0.29) is 0 Å². The lowest BCUT2D eigenvalue weighted by Gasteiger charge is -2.03. The fraction of sp³-hybridized carbons (Fsp3) is 0.0909. The Kier molecular flexibility index (Phi) is 3.69. The zero-order valence-electron chi connectivity index (χ0n) is 7.84. The average Bonchev–Trinajstić information content (AvgIpc) is 2.64. The van der Waals surface area contributed by atoms with Gasteiger partial charge in [0.25, 0.3) is 0 Å². The van der Waals surface area contributed by atoms with E-state index in [1.165, 1.54) is 3.57 Å². The van der Waals surface area contributed by atoms with Crippen LogP contribution in [0, 0.1) is 3.57 Å². The second-order valence-electron chi connectivity index (χ2n) is 3.07. The zero-order chi connectivity index (χ0) is 10.7. The lowest BCUT2D eigenvalue weighted by molar-refractivity contribution is 0.495. The molecule has 0 unspecified atom stereocenters. The average molecular weight is 378 g/mol. The van der Waals surface area contributed by atoms with Crippen molar-refractivity contribution in [3.8, 4) is 0 Å². The number of halogens is 2. The summed E-state index contributed by atoms with van der Waals surface area (Å²) in [5, 5.41) is 3.28. The Morgan fingerprint density at radius 1 is 1.13 bits per heavy atom. The van der Waals surface area contributed by atoms with Gasteiger partial charge in [0.15, 0.2) is 4.67 Å². The monoisotopic (exact) mass is 377 g/mol. The van der Waals surface area contributed by atoms with Crippen molar-refractivity contribution in [1.29, 1.82) is 0 Å². The number of hydrogen-bond donors (Lipinski definition) is 1. The van der Waals surface area contributed by atoms with Gasteiger partial charge < -0.3 is 9.73 Å². The van der Waals surface area contributed by atoms with E-state index in [0.717, 1.165) is 16.1 Å². The topological polar surface area (TPSA) is 25.2 Å². The molecule has 0 aliphatic heterocycles. The Morgan fingerprint density at radius 2 is 1.87 bits per heavy atom. The van der Waals surface area contributed by atoms with E-state index >= 15 is 0 Å². The van der Waals surface area contributed by atoms with Crippen molar-refractivity contribution in [1.82, 2.24) is 0 Å². The summed E-state index contributed by atoms with van der Waals surface area (Å²) < 4.78 is 7.38. The van der Waals surface area contributed by atoms with Crippen molar-refractivity contribution in [2.24, 2.45) is 0 Å². The van der Waals surface area contributed by atoms with Crippen molar-refractivity contribution in [2.75, 3.05) is 5.32 Å². The highest BCUT2D eigenvalue weighted by molar-refractivity contribution is 14.1. The maximum Gasteiger partial charge on any atom is 0.169 e. The first-order chi connectivity index (χ1) is 7.24. The molecule has 0 fully saturated rings. The fourth-order valence-corrected chi connectivity index (χ4v) is 1.90. The van der Waals surface area contributed by atoms with Gasteiger partial charge in [-0.15, -0.1) is 0 Å². The van der Waals surface area contributed by atoms with Crippen molar-refractivity contribution in [2.45, 2.75) is 6.54 Å². The molecule has 4 heteroatoms. The number of rotatable bonds is 3. The van der Waals surface area contributed by atoms with Gasteiger partial charge in [0, 0.05) is 9.26 Å². The van der Waals surface area contributed by atoms with Gasteiger partial charge in [0.1, 0.15) is 5.76 Å². The van der Waals surface area contributed by atoms with Gasteiger partial charge in [0.2, 0.25) is 0 Å². The molecular weight excluding hydrogens is 369 g/mol. The second-order valence-corrected chi connectivity index (χ2v) is 5.09. The Labute approximate surface area is 110 Å². The molecule has 0 saturated carbocycles. The molecule has 0 radical (unpaired) electrons. The van der Waals surface area contributed by atoms with Gasteiger partial charge in [-0.2, -0.15) is 0 Å². The van der Waals surface area contributed by atoms with Crippen LogP contribution in [-0.2, 0) is 6.54 Å². The van der Waals surface area contributed by atoms with Gasteiger partial charge in [-0.05, 0) is 74.9 Å². The Bertz CT molecular complexity index is 438. The highest BCUT2D eigenvalue weighted by Crippen LogP contribution is 2.16. The molecule has 0 spiro atoms. The molecule has 0 atom stereocenters. The number of furan rings is 1. The first kappa shape index (κ1) is 11.0. The van der Waals surface area contributed by atoms with E-state index in [2.05, 4.69) is 68.1 Å². The Morgan fingerprint density at radius 3 is 2.47 bits per heavy atom. The number of nitrogens with one attached hydrogen (secondary N) is 1. The molecule has 2 aromatic rings. The largest absolute Gasteiger partial charge is 0.452 e. The summed E-state index contributed by atoms with van der Waals surface area (Å²) in [4.78, 5) is 0. The first-order valence-corrected chi connectivity index (χ1v) is 6.35. The molecule has 0 saturated heterocycles. The highest BCUT2D eigenvalue weighted by Gasteiger charge is 1.98. The van der Waals surface area contributed by atoms with Gasteiger partial charge in [-0.1, -0.05) is 0 Å². The van der Waals surface area contributed by atoms with Crippen LogP contribution in [0.1, 0.15) is 5.76 Å². The maximum absolute atomic E-state index is 5.38. The van der Waals surface area contributed by atoms with Crippen LogP contribution in [0.15, 0.2) is 45.5 Å². The molecule has 1 heterocycles. The highest BCUT2D eigenvalue weighted by atomic mass is 127. The van der Waals surface area contributed by atoms with Crippen LogP contribution in [0.4, 0.5) is 5.69 Å². The van der Waals surface area contributed by atoms with E-state index in [0.29, 0.717) is 6.54 Å². The standard InChI is InChI=1S/C11H9BrINO/c12-11-6-5-10(15-11)7-14-9-3-1-8(13)2-4-9/h1-6,14H,7H2. The lowest BCUT2D eigenvalue weighted by atomic mass is 10.3. The van der Waals surface area contributed by atoms with E-state index < -0.39 is 0 Å². The van der Waals surface area contributed by atoms with Crippen LogP contribution in [0.5, 0.6) is 0 Å². The minimum Gasteiger partial charge on any atom is -0.452 e. The van der Waals surface area contributed by atoms with Crippen molar-refractivity contribution >= 4 is 44.2 Å². The molecule has 0 aliphatic rings.